The number of hydrogen-bond acceptors (Lipinski definition) is 6. The Labute approximate surface area is 163 Å². The number of primary amides is 1. The van der Waals surface area contributed by atoms with Gasteiger partial charge in [0.05, 0.1) is 6.42 Å². The van der Waals surface area contributed by atoms with Gasteiger partial charge in [0.2, 0.25) is 5.91 Å². The van der Waals surface area contributed by atoms with E-state index in [0.29, 0.717) is 11.1 Å². The average Bonchev–Trinajstić information content (AvgIpc) is 2.55. The summed E-state index contributed by atoms with van der Waals surface area (Å²) < 4.78 is 10.3. The van der Waals surface area contributed by atoms with Gasteiger partial charge >= 0.3 is 18.0 Å². The second kappa shape index (κ2) is 10.3. The van der Waals surface area contributed by atoms with Crippen LogP contribution in [0.1, 0.15) is 44.7 Å². The molecule has 0 aliphatic carbocycles. The summed E-state index contributed by atoms with van der Waals surface area (Å²) in [5.41, 5.74) is 5.63. The van der Waals surface area contributed by atoms with Gasteiger partial charge in [-0.3, -0.25) is 9.59 Å². The number of nitrogens with two attached hydrogens (primary N) is 1. The van der Waals surface area contributed by atoms with Crippen molar-refractivity contribution >= 4 is 23.9 Å². The quantitative estimate of drug-likeness (QED) is 0.538. The zero-order valence-corrected chi connectivity index (χ0v) is 16.2. The van der Waals surface area contributed by atoms with Gasteiger partial charge in [-0.2, -0.15) is 0 Å². The second-order valence-electron chi connectivity index (χ2n) is 7.20. The summed E-state index contributed by atoms with van der Waals surface area (Å²) in [6.07, 6.45) is -1.05. The number of carboxylic acids is 1. The van der Waals surface area contributed by atoms with Gasteiger partial charge in [0.1, 0.15) is 18.2 Å². The molecule has 1 atom stereocenters. The minimum Gasteiger partial charge on any atom is -0.481 e. The monoisotopic (exact) mass is 394 g/mol. The number of carbonyl (C=O) groups is 4. The van der Waals surface area contributed by atoms with E-state index in [0.717, 1.165) is 0 Å². The van der Waals surface area contributed by atoms with Gasteiger partial charge in [-0.1, -0.05) is 24.3 Å². The average molecular weight is 394 g/mol. The Bertz CT molecular complexity index is 708. The standard InChI is InChI=1S/C19H26N2O7/c1-19(2,3)28-18(26)21-14(8-9-15(20)22)17(25)27-11-13-6-4-12(5-7-13)10-16(23)24/h4-7,14H,8-11H2,1-3H3,(H2,20,22)(H,21,26)(H,23,24)/t14-/m0/s1. The maximum Gasteiger partial charge on any atom is 0.408 e. The molecule has 0 aliphatic heterocycles. The highest BCUT2D eigenvalue weighted by molar-refractivity contribution is 5.82. The molecule has 0 spiro atoms. The van der Waals surface area contributed by atoms with Gasteiger partial charge in [-0.25, -0.2) is 9.59 Å². The first kappa shape index (κ1) is 22.9. The van der Waals surface area contributed by atoms with Crippen LogP contribution in [0.25, 0.3) is 0 Å². The van der Waals surface area contributed by atoms with E-state index in [1.165, 1.54) is 0 Å². The summed E-state index contributed by atoms with van der Waals surface area (Å²) >= 11 is 0. The van der Waals surface area contributed by atoms with E-state index in [9.17, 15) is 19.2 Å². The normalized spacial score (nSPS) is 12.0. The van der Waals surface area contributed by atoms with E-state index in [2.05, 4.69) is 5.32 Å². The Kier molecular flexibility index (Phi) is 8.43. The largest absolute Gasteiger partial charge is 0.481 e. The van der Waals surface area contributed by atoms with Crippen LogP contribution in [0.5, 0.6) is 0 Å². The predicted molar refractivity (Wildman–Crippen MR) is 99.2 cm³/mol. The molecule has 1 aromatic carbocycles. The SMILES string of the molecule is CC(C)(C)OC(=O)N[C@@H](CCC(N)=O)C(=O)OCc1ccc(CC(=O)O)cc1. The molecule has 9 heteroatoms. The number of carboxylic acid groups (broad SMARTS) is 1. The van der Waals surface area contributed by atoms with Crippen molar-refractivity contribution in [1.82, 2.24) is 5.32 Å². The van der Waals surface area contributed by atoms with E-state index in [1.807, 2.05) is 0 Å². The molecule has 2 amide bonds. The number of carbonyl (C=O) groups excluding carboxylic acids is 3. The van der Waals surface area contributed by atoms with Crippen molar-refractivity contribution in [2.75, 3.05) is 0 Å². The molecule has 0 bridgehead atoms. The summed E-state index contributed by atoms with van der Waals surface area (Å²) in [5.74, 6) is -2.29. The Hall–Kier alpha value is -3.10. The summed E-state index contributed by atoms with van der Waals surface area (Å²) in [6.45, 7) is 4.96. The predicted octanol–water partition coefficient (Wildman–Crippen LogP) is 1.52. The van der Waals surface area contributed by atoms with Gasteiger partial charge in [-0.15, -0.1) is 0 Å². The fourth-order valence-electron chi connectivity index (χ4n) is 2.17. The minimum absolute atomic E-state index is 0.0229. The number of hydrogen-bond donors (Lipinski definition) is 3. The number of nitrogens with one attached hydrogen (secondary N) is 1. The molecular formula is C19H26N2O7. The molecule has 0 unspecified atom stereocenters. The number of amides is 2. The minimum atomic E-state index is -1.09. The number of rotatable bonds is 9. The van der Waals surface area contributed by atoms with E-state index < -0.39 is 35.6 Å². The molecule has 0 radical (unpaired) electrons. The molecule has 9 nitrogen and oxygen atoms in total. The van der Waals surface area contributed by atoms with Crippen LogP contribution in [0.3, 0.4) is 0 Å². The van der Waals surface area contributed by atoms with E-state index in [1.54, 1.807) is 45.0 Å². The van der Waals surface area contributed by atoms with Gasteiger partial charge in [0.15, 0.2) is 0 Å². The van der Waals surface area contributed by atoms with E-state index in [-0.39, 0.29) is 25.9 Å². The van der Waals surface area contributed by atoms with Crippen molar-refractivity contribution in [2.45, 2.75) is 58.3 Å². The van der Waals surface area contributed by atoms with E-state index >= 15 is 0 Å². The highest BCUT2D eigenvalue weighted by Gasteiger charge is 2.26. The zero-order valence-electron chi connectivity index (χ0n) is 16.2. The molecule has 0 fully saturated rings. The first-order chi connectivity index (χ1) is 13.0. The highest BCUT2D eigenvalue weighted by atomic mass is 16.6. The van der Waals surface area contributed by atoms with Gasteiger partial charge in [0.25, 0.3) is 0 Å². The summed E-state index contributed by atoms with van der Waals surface area (Å²) in [5, 5.41) is 11.1. The Morgan fingerprint density at radius 2 is 1.68 bits per heavy atom. The molecular weight excluding hydrogens is 368 g/mol. The van der Waals surface area contributed by atoms with Crippen LogP contribution >= 0.6 is 0 Å². The van der Waals surface area contributed by atoms with Gasteiger partial charge in [-0.05, 0) is 38.3 Å². The van der Waals surface area contributed by atoms with Crippen molar-refractivity contribution in [3.8, 4) is 0 Å². The van der Waals surface area contributed by atoms with Crippen LogP contribution in [-0.2, 0) is 36.9 Å². The molecule has 0 aromatic heterocycles. The van der Waals surface area contributed by atoms with Crippen LogP contribution in [0.15, 0.2) is 24.3 Å². The van der Waals surface area contributed by atoms with Crippen LogP contribution in [-0.4, -0.2) is 40.7 Å². The third kappa shape index (κ3) is 9.56. The number of benzene rings is 1. The summed E-state index contributed by atoms with van der Waals surface area (Å²) in [6, 6.07) is 5.45. The molecule has 28 heavy (non-hydrogen) atoms. The molecule has 0 saturated heterocycles. The lowest BCUT2D eigenvalue weighted by Crippen LogP contribution is -2.44. The van der Waals surface area contributed by atoms with Crippen molar-refractivity contribution in [1.29, 1.82) is 0 Å². The first-order valence-electron chi connectivity index (χ1n) is 8.70. The van der Waals surface area contributed by atoms with Crippen LogP contribution in [0.2, 0.25) is 0 Å². The van der Waals surface area contributed by atoms with Crippen molar-refractivity contribution in [3.05, 3.63) is 35.4 Å². The number of esters is 1. The topological polar surface area (TPSA) is 145 Å². The van der Waals surface area contributed by atoms with Gasteiger partial charge in [0, 0.05) is 6.42 Å². The maximum absolute atomic E-state index is 12.3. The zero-order chi connectivity index (χ0) is 21.3. The smallest absolute Gasteiger partial charge is 0.408 e. The third-order valence-electron chi connectivity index (χ3n) is 3.41. The molecule has 1 aromatic rings. The fourth-order valence-corrected chi connectivity index (χ4v) is 2.17. The summed E-state index contributed by atoms with van der Waals surface area (Å²) in [7, 11) is 0. The Morgan fingerprint density at radius 1 is 1.11 bits per heavy atom. The highest BCUT2D eigenvalue weighted by Crippen LogP contribution is 2.10. The molecule has 1 rings (SSSR count). The lowest BCUT2D eigenvalue weighted by molar-refractivity contribution is -0.147. The van der Waals surface area contributed by atoms with Crippen LogP contribution in [0, 0.1) is 0 Å². The maximum atomic E-state index is 12.3. The van der Waals surface area contributed by atoms with Gasteiger partial charge < -0.3 is 25.6 Å². The van der Waals surface area contributed by atoms with Crippen molar-refractivity contribution in [2.24, 2.45) is 5.73 Å². The van der Waals surface area contributed by atoms with Crippen LogP contribution in [0.4, 0.5) is 4.79 Å². The molecule has 0 heterocycles. The first-order valence-corrected chi connectivity index (χ1v) is 8.70. The Balaban J connectivity index is 2.67. The van der Waals surface area contributed by atoms with Crippen molar-refractivity contribution < 1.29 is 33.8 Å². The van der Waals surface area contributed by atoms with E-state index in [4.69, 9.17) is 20.3 Å². The molecule has 4 N–H and O–H groups in total. The Morgan fingerprint density at radius 3 is 2.18 bits per heavy atom. The third-order valence-corrected chi connectivity index (χ3v) is 3.41. The molecule has 0 aliphatic rings. The van der Waals surface area contributed by atoms with Crippen molar-refractivity contribution in [3.63, 3.8) is 0 Å². The number of ether oxygens (including phenoxy) is 2. The fraction of sp³-hybridized carbons (Fsp3) is 0.474. The summed E-state index contributed by atoms with van der Waals surface area (Å²) in [4.78, 5) is 45.9. The van der Waals surface area contributed by atoms with Crippen LogP contribution < -0.4 is 11.1 Å². The second-order valence-corrected chi connectivity index (χ2v) is 7.20. The lowest BCUT2D eigenvalue weighted by atomic mass is 10.1. The molecule has 0 saturated carbocycles. The number of alkyl carbamates (subject to hydrolysis) is 1. The molecule has 154 valence electrons. The number of aliphatic carboxylic acids is 1. The lowest BCUT2D eigenvalue weighted by Gasteiger charge is -2.22.